The quantitative estimate of drug-likeness (QED) is 0.740. The molecule has 1 atom stereocenters. The zero-order chi connectivity index (χ0) is 10.5. The van der Waals surface area contributed by atoms with Gasteiger partial charge in [-0.3, -0.25) is 9.98 Å². The van der Waals surface area contributed by atoms with Gasteiger partial charge in [0.15, 0.2) is 0 Å². The molecular weight excluding hydrogens is 224 g/mol. The zero-order valence-corrected chi connectivity index (χ0v) is 10.9. The summed E-state index contributed by atoms with van der Waals surface area (Å²) in [5.41, 5.74) is 0. The molecule has 0 aromatic rings. The van der Waals surface area contributed by atoms with E-state index in [1.54, 1.807) is 0 Å². The third kappa shape index (κ3) is 3.52. The molecule has 0 fully saturated rings. The average molecular weight is 242 g/mol. The number of aliphatic imine (C=N–C) groups is 2. The van der Waals surface area contributed by atoms with Crippen molar-refractivity contribution < 1.29 is 0 Å². The lowest BCUT2D eigenvalue weighted by molar-refractivity contribution is 0.656. The van der Waals surface area contributed by atoms with Gasteiger partial charge in [-0.25, -0.2) is 0 Å². The fraction of sp³-hybridized carbons (Fsp3) is 0.818. The minimum Gasteiger partial charge on any atom is -0.282 e. The molecule has 2 rings (SSSR count). The molecule has 15 heavy (non-hydrogen) atoms. The highest BCUT2D eigenvalue weighted by molar-refractivity contribution is 8.14. The van der Waals surface area contributed by atoms with Crippen LogP contribution in [-0.4, -0.2) is 34.7 Å². The molecule has 1 unspecified atom stereocenters. The Kier molecular flexibility index (Phi) is 4.57. The van der Waals surface area contributed by atoms with Crippen molar-refractivity contribution in [2.45, 2.75) is 26.2 Å². The molecule has 84 valence electrons. The molecule has 0 saturated heterocycles. The molecule has 0 saturated carbocycles. The van der Waals surface area contributed by atoms with Crippen LogP contribution < -0.4 is 0 Å². The zero-order valence-electron chi connectivity index (χ0n) is 9.24. The van der Waals surface area contributed by atoms with Crippen molar-refractivity contribution in [3.63, 3.8) is 0 Å². The highest BCUT2D eigenvalue weighted by Gasteiger charge is 2.15. The van der Waals surface area contributed by atoms with Crippen molar-refractivity contribution in [3.8, 4) is 0 Å². The SMILES string of the molecule is CC(CCCC1=NCCS1)C1=NCCS1. The summed E-state index contributed by atoms with van der Waals surface area (Å²) in [6.45, 7) is 4.38. The maximum Gasteiger partial charge on any atom is 0.0705 e. The fourth-order valence-corrected chi connectivity index (χ4v) is 3.73. The average Bonchev–Trinajstić information content (AvgIpc) is 2.90. The molecule has 4 heteroatoms. The molecule has 0 aliphatic carbocycles. The predicted octanol–water partition coefficient (Wildman–Crippen LogP) is 3.08. The Hall–Kier alpha value is 0.0400. The number of hydrogen-bond acceptors (Lipinski definition) is 4. The van der Waals surface area contributed by atoms with E-state index in [1.165, 1.54) is 40.9 Å². The van der Waals surface area contributed by atoms with Crippen LogP contribution in [0, 0.1) is 5.92 Å². The Morgan fingerprint density at radius 2 is 2.00 bits per heavy atom. The lowest BCUT2D eigenvalue weighted by atomic mass is 10.1. The second-order valence-corrected chi connectivity index (χ2v) is 6.27. The van der Waals surface area contributed by atoms with Crippen molar-refractivity contribution in [2.75, 3.05) is 24.6 Å². The lowest BCUT2D eigenvalue weighted by Gasteiger charge is -2.09. The van der Waals surface area contributed by atoms with Crippen LogP contribution in [0.3, 0.4) is 0 Å². The number of hydrogen-bond donors (Lipinski definition) is 0. The minimum absolute atomic E-state index is 0.671. The fourth-order valence-electron chi connectivity index (χ4n) is 1.86. The number of rotatable bonds is 5. The maximum atomic E-state index is 4.53. The normalized spacial score (nSPS) is 22.7. The van der Waals surface area contributed by atoms with Crippen molar-refractivity contribution >= 4 is 33.6 Å². The van der Waals surface area contributed by atoms with Gasteiger partial charge in [-0.2, -0.15) is 0 Å². The van der Waals surface area contributed by atoms with Gasteiger partial charge in [0.25, 0.3) is 0 Å². The second-order valence-electron chi connectivity index (χ2n) is 3.99. The van der Waals surface area contributed by atoms with Crippen molar-refractivity contribution in [3.05, 3.63) is 0 Å². The molecule has 0 aromatic carbocycles. The smallest absolute Gasteiger partial charge is 0.0705 e. The van der Waals surface area contributed by atoms with Gasteiger partial charge in [0.05, 0.1) is 10.1 Å². The van der Waals surface area contributed by atoms with Gasteiger partial charge in [0, 0.05) is 30.5 Å². The Morgan fingerprint density at radius 3 is 2.67 bits per heavy atom. The first kappa shape index (κ1) is 11.5. The van der Waals surface area contributed by atoms with Crippen LogP contribution in [0.2, 0.25) is 0 Å². The summed E-state index contributed by atoms with van der Waals surface area (Å²) < 4.78 is 0. The van der Waals surface area contributed by atoms with Crippen LogP contribution in [0.4, 0.5) is 0 Å². The molecular formula is C11H18N2S2. The van der Waals surface area contributed by atoms with Crippen molar-refractivity contribution in [2.24, 2.45) is 15.9 Å². The van der Waals surface area contributed by atoms with E-state index in [9.17, 15) is 0 Å². The van der Waals surface area contributed by atoms with E-state index in [-0.39, 0.29) is 0 Å². The van der Waals surface area contributed by atoms with E-state index < -0.39 is 0 Å². The van der Waals surface area contributed by atoms with Crippen LogP contribution in [-0.2, 0) is 0 Å². The van der Waals surface area contributed by atoms with E-state index in [2.05, 4.69) is 16.9 Å². The second kappa shape index (κ2) is 5.94. The van der Waals surface area contributed by atoms with E-state index >= 15 is 0 Å². The van der Waals surface area contributed by atoms with Crippen LogP contribution in [0.25, 0.3) is 0 Å². The number of thioether (sulfide) groups is 2. The van der Waals surface area contributed by atoms with Gasteiger partial charge < -0.3 is 0 Å². The molecule has 0 N–H and O–H groups in total. The van der Waals surface area contributed by atoms with Gasteiger partial charge in [-0.05, 0) is 19.3 Å². The molecule has 0 radical (unpaired) electrons. The van der Waals surface area contributed by atoms with E-state index in [0.29, 0.717) is 5.92 Å². The summed E-state index contributed by atoms with van der Waals surface area (Å²) in [6.07, 6.45) is 3.73. The van der Waals surface area contributed by atoms with Gasteiger partial charge in [0.1, 0.15) is 0 Å². The third-order valence-corrected chi connectivity index (χ3v) is 4.97. The molecule has 2 aliphatic heterocycles. The molecule has 2 heterocycles. The first-order chi connectivity index (χ1) is 7.36. The Balaban J connectivity index is 1.64. The topological polar surface area (TPSA) is 24.7 Å². The standard InChI is InChI=1S/C11H18N2S2/c1-9(11-13-6-8-15-11)3-2-4-10-12-5-7-14-10/h9H,2-8H2,1H3. The lowest BCUT2D eigenvalue weighted by Crippen LogP contribution is -2.05. The highest BCUT2D eigenvalue weighted by Crippen LogP contribution is 2.24. The summed E-state index contributed by atoms with van der Waals surface area (Å²) in [6, 6.07) is 0. The largest absolute Gasteiger partial charge is 0.282 e. The first-order valence-electron chi connectivity index (χ1n) is 5.69. The monoisotopic (exact) mass is 242 g/mol. The maximum absolute atomic E-state index is 4.53. The van der Waals surface area contributed by atoms with Gasteiger partial charge in [-0.15, -0.1) is 23.5 Å². The summed E-state index contributed by atoms with van der Waals surface area (Å²) in [7, 11) is 0. The molecule has 0 spiro atoms. The predicted molar refractivity (Wildman–Crippen MR) is 72.5 cm³/mol. The van der Waals surface area contributed by atoms with Crippen LogP contribution >= 0.6 is 23.5 Å². The minimum atomic E-state index is 0.671. The summed E-state index contributed by atoms with van der Waals surface area (Å²) in [5.74, 6) is 3.07. The Morgan fingerprint density at radius 1 is 1.20 bits per heavy atom. The Labute approximate surface area is 100 Å². The van der Waals surface area contributed by atoms with Crippen molar-refractivity contribution in [1.29, 1.82) is 0 Å². The summed E-state index contributed by atoms with van der Waals surface area (Å²) in [4.78, 5) is 9.00. The Bertz CT molecular complexity index is 274. The van der Waals surface area contributed by atoms with Gasteiger partial charge in [0.2, 0.25) is 0 Å². The molecule has 0 bridgehead atoms. The van der Waals surface area contributed by atoms with E-state index in [1.807, 2.05) is 23.5 Å². The van der Waals surface area contributed by atoms with Crippen LogP contribution in [0.1, 0.15) is 26.2 Å². The van der Waals surface area contributed by atoms with E-state index in [4.69, 9.17) is 0 Å². The molecule has 0 aromatic heterocycles. The number of nitrogens with zero attached hydrogens (tertiary/aromatic N) is 2. The van der Waals surface area contributed by atoms with E-state index in [0.717, 1.165) is 13.1 Å². The summed E-state index contributed by atoms with van der Waals surface area (Å²) >= 11 is 3.89. The molecule has 2 nitrogen and oxygen atoms in total. The molecule has 0 amide bonds. The van der Waals surface area contributed by atoms with Crippen LogP contribution in [0.5, 0.6) is 0 Å². The van der Waals surface area contributed by atoms with Crippen molar-refractivity contribution in [1.82, 2.24) is 0 Å². The first-order valence-corrected chi connectivity index (χ1v) is 7.66. The highest BCUT2D eigenvalue weighted by atomic mass is 32.2. The van der Waals surface area contributed by atoms with Crippen LogP contribution in [0.15, 0.2) is 9.98 Å². The third-order valence-electron chi connectivity index (χ3n) is 2.71. The molecule has 2 aliphatic rings. The van der Waals surface area contributed by atoms with Gasteiger partial charge >= 0.3 is 0 Å². The van der Waals surface area contributed by atoms with Gasteiger partial charge in [-0.1, -0.05) is 6.92 Å². The summed E-state index contributed by atoms with van der Waals surface area (Å²) in [5, 5.41) is 2.76.